The van der Waals surface area contributed by atoms with Gasteiger partial charge in [-0.3, -0.25) is 4.79 Å². The van der Waals surface area contributed by atoms with Crippen molar-refractivity contribution >= 4 is 11.7 Å². The lowest BCUT2D eigenvalue weighted by Crippen LogP contribution is -2.36. The lowest BCUT2D eigenvalue weighted by Gasteiger charge is -2.32. The van der Waals surface area contributed by atoms with Gasteiger partial charge in [0.2, 0.25) is 5.91 Å². The number of carbonyl (C=O) groups excluding carboxylic acids is 1. The molecule has 1 aromatic rings. The second-order valence-corrected chi connectivity index (χ2v) is 4.48. The van der Waals surface area contributed by atoms with E-state index in [4.69, 9.17) is 11.0 Å². The monoisotopic (exact) mass is 245 g/mol. The molecule has 1 aliphatic rings. The molecule has 0 aromatic carbocycles. The van der Waals surface area contributed by atoms with Crippen LogP contribution in [0.2, 0.25) is 0 Å². The molecule has 18 heavy (non-hydrogen) atoms. The average Bonchev–Trinajstić information content (AvgIpc) is 2.39. The summed E-state index contributed by atoms with van der Waals surface area (Å²) in [5, 5.41) is 16.9. The van der Waals surface area contributed by atoms with Gasteiger partial charge >= 0.3 is 0 Å². The number of nitrogens with two attached hydrogens (primary N) is 1. The summed E-state index contributed by atoms with van der Waals surface area (Å²) in [5.41, 5.74) is 5.74. The minimum Gasteiger partial charge on any atom is -0.370 e. The molecule has 0 bridgehead atoms. The normalized spacial score (nSPS) is 16.3. The van der Waals surface area contributed by atoms with Gasteiger partial charge in [0.05, 0.1) is 11.8 Å². The zero-order valence-corrected chi connectivity index (χ0v) is 10.0. The molecular weight excluding hydrogens is 230 g/mol. The maximum Gasteiger partial charge on any atom is 0.217 e. The minimum atomic E-state index is -0.245. The first-order valence-electron chi connectivity index (χ1n) is 5.95. The number of nitriles is 1. The summed E-state index contributed by atoms with van der Waals surface area (Å²) in [6.07, 6.45) is 3.75. The lowest BCUT2D eigenvalue weighted by atomic mass is 9.93. The zero-order chi connectivity index (χ0) is 13.0. The Morgan fingerprint density at radius 1 is 1.56 bits per heavy atom. The van der Waals surface area contributed by atoms with Crippen molar-refractivity contribution in [3.05, 3.63) is 17.8 Å². The van der Waals surface area contributed by atoms with Crippen LogP contribution in [0, 0.1) is 17.2 Å². The van der Waals surface area contributed by atoms with Gasteiger partial charge in [-0.1, -0.05) is 0 Å². The number of rotatable bonds is 3. The van der Waals surface area contributed by atoms with Crippen LogP contribution >= 0.6 is 0 Å². The summed E-state index contributed by atoms with van der Waals surface area (Å²) in [6, 6.07) is 3.78. The third-order valence-electron chi connectivity index (χ3n) is 3.23. The van der Waals surface area contributed by atoms with E-state index in [2.05, 4.69) is 16.3 Å². The Kier molecular flexibility index (Phi) is 3.72. The zero-order valence-electron chi connectivity index (χ0n) is 10.0. The number of aromatic nitrogens is 2. The van der Waals surface area contributed by atoms with Gasteiger partial charge in [-0.05, 0) is 24.8 Å². The first-order valence-corrected chi connectivity index (χ1v) is 5.95. The van der Waals surface area contributed by atoms with Crippen LogP contribution in [0.25, 0.3) is 0 Å². The van der Waals surface area contributed by atoms with Gasteiger partial charge in [0.1, 0.15) is 6.07 Å². The molecule has 6 nitrogen and oxygen atoms in total. The van der Waals surface area contributed by atoms with Crippen molar-refractivity contribution < 1.29 is 4.79 Å². The van der Waals surface area contributed by atoms with Gasteiger partial charge < -0.3 is 10.6 Å². The third-order valence-corrected chi connectivity index (χ3v) is 3.23. The molecule has 2 heterocycles. The molecule has 0 saturated carbocycles. The Labute approximate surface area is 105 Å². The van der Waals surface area contributed by atoms with Gasteiger partial charge in [0, 0.05) is 19.5 Å². The van der Waals surface area contributed by atoms with E-state index in [0.29, 0.717) is 23.7 Å². The van der Waals surface area contributed by atoms with Gasteiger partial charge in [-0.2, -0.15) is 10.4 Å². The van der Waals surface area contributed by atoms with E-state index in [9.17, 15) is 4.79 Å². The predicted molar refractivity (Wildman–Crippen MR) is 65.5 cm³/mol. The molecule has 2 N–H and O–H groups in total. The molecule has 1 amide bonds. The maximum atomic E-state index is 10.9. The van der Waals surface area contributed by atoms with Crippen LogP contribution in [-0.4, -0.2) is 29.2 Å². The van der Waals surface area contributed by atoms with E-state index in [1.54, 1.807) is 6.07 Å². The molecule has 1 saturated heterocycles. The number of carbonyl (C=O) groups is 1. The van der Waals surface area contributed by atoms with Crippen molar-refractivity contribution in [3.8, 4) is 6.07 Å². The molecule has 1 aliphatic heterocycles. The topological polar surface area (TPSA) is 95.9 Å². The minimum absolute atomic E-state index is 0.245. The van der Waals surface area contributed by atoms with Crippen LogP contribution in [0.5, 0.6) is 0 Å². The molecule has 0 atom stereocenters. The smallest absolute Gasteiger partial charge is 0.217 e. The largest absolute Gasteiger partial charge is 0.370 e. The quantitative estimate of drug-likeness (QED) is 0.833. The van der Waals surface area contributed by atoms with E-state index in [1.807, 2.05) is 4.90 Å². The van der Waals surface area contributed by atoms with Gasteiger partial charge in [0.15, 0.2) is 5.82 Å². The summed E-state index contributed by atoms with van der Waals surface area (Å²) >= 11 is 0. The van der Waals surface area contributed by atoms with Crippen LogP contribution in [0.15, 0.2) is 12.3 Å². The first kappa shape index (κ1) is 12.3. The second-order valence-electron chi connectivity index (χ2n) is 4.48. The Bertz CT molecular complexity index is 474. The molecular formula is C12H15N5O. The van der Waals surface area contributed by atoms with E-state index < -0.39 is 0 Å². The van der Waals surface area contributed by atoms with Crippen molar-refractivity contribution in [2.24, 2.45) is 11.7 Å². The van der Waals surface area contributed by atoms with Crippen LogP contribution in [-0.2, 0) is 4.79 Å². The number of primary amides is 1. The van der Waals surface area contributed by atoms with Crippen LogP contribution in [0.1, 0.15) is 24.8 Å². The van der Waals surface area contributed by atoms with Gasteiger partial charge in [0.25, 0.3) is 0 Å². The molecule has 2 rings (SSSR count). The SMILES string of the molecule is N#Cc1ccnnc1N1CCC(CC(N)=O)CC1. The molecule has 1 aromatic heterocycles. The Hall–Kier alpha value is -2.16. The number of anilines is 1. The van der Waals surface area contributed by atoms with Crippen molar-refractivity contribution in [2.45, 2.75) is 19.3 Å². The summed E-state index contributed by atoms with van der Waals surface area (Å²) in [6.45, 7) is 1.57. The van der Waals surface area contributed by atoms with E-state index in [0.717, 1.165) is 25.9 Å². The summed E-state index contributed by atoms with van der Waals surface area (Å²) in [4.78, 5) is 12.9. The highest BCUT2D eigenvalue weighted by Crippen LogP contribution is 2.25. The highest BCUT2D eigenvalue weighted by molar-refractivity contribution is 5.74. The van der Waals surface area contributed by atoms with Gasteiger partial charge in [-0.25, -0.2) is 0 Å². The van der Waals surface area contributed by atoms with Crippen molar-refractivity contribution in [2.75, 3.05) is 18.0 Å². The lowest BCUT2D eigenvalue weighted by molar-refractivity contribution is -0.119. The second kappa shape index (κ2) is 5.45. The van der Waals surface area contributed by atoms with Gasteiger partial charge in [-0.15, -0.1) is 5.10 Å². The van der Waals surface area contributed by atoms with E-state index in [-0.39, 0.29) is 5.91 Å². The van der Waals surface area contributed by atoms with Crippen molar-refractivity contribution in [3.63, 3.8) is 0 Å². The number of nitrogens with zero attached hydrogens (tertiary/aromatic N) is 4. The maximum absolute atomic E-state index is 10.9. The standard InChI is InChI=1S/C12H15N5O/c13-8-10-1-4-15-16-12(10)17-5-2-9(3-6-17)7-11(14)18/h1,4,9H,2-3,5-7H2,(H2,14,18). The average molecular weight is 245 g/mol. The molecule has 1 fully saturated rings. The third kappa shape index (κ3) is 2.74. The summed E-state index contributed by atoms with van der Waals surface area (Å²) in [7, 11) is 0. The molecule has 0 radical (unpaired) electrons. The number of amides is 1. The fourth-order valence-corrected chi connectivity index (χ4v) is 2.28. The Morgan fingerprint density at radius 2 is 2.28 bits per heavy atom. The highest BCUT2D eigenvalue weighted by atomic mass is 16.1. The van der Waals surface area contributed by atoms with E-state index in [1.165, 1.54) is 6.20 Å². The summed E-state index contributed by atoms with van der Waals surface area (Å²) < 4.78 is 0. The van der Waals surface area contributed by atoms with E-state index >= 15 is 0 Å². The molecule has 0 spiro atoms. The van der Waals surface area contributed by atoms with Crippen molar-refractivity contribution in [1.82, 2.24) is 10.2 Å². The van der Waals surface area contributed by atoms with Crippen LogP contribution < -0.4 is 10.6 Å². The molecule has 0 unspecified atom stereocenters. The first-order chi connectivity index (χ1) is 8.70. The Balaban J connectivity index is 2.01. The molecule has 94 valence electrons. The number of hydrogen-bond donors (Lipinski definition) is 1. The highest BCUT2D eigenvalue weighted by Gasteiger charge is 2.23. The van der Waals surface area contributed by atoms with Crippen molar-refractivity contribution in [1.29, 1.82) is 5.26 Å². The van der Waals surface area contributed by atoms with Crippen LogP contribution in [0.3, 0.4) is 0 Å². The molecule has 0 aliphatic carbocycles. The fourth-order valence-electron chi connectivity index (χ4n) is 2.28. The van der Waals surface area contributed by atoms with Crippen LogP contribution in [0.4, 0.5) is 5.82 Å². The molecule has 6 heteroatoms. The predicted octanol–water partition coefficient (Wildman–Crippen LogP) is 0.440. The number of piperidine rings is 1. The Morgan fingerprint density at radius 3 is 2.89 bits per heavy atom. The fraction of sp³-hybridized carbons (Fsp3) is 0.500. The summed E-state index contributed by atoms with van der Waals surface area (Å²) in [5.74, 6) is 0.740. The number of hydrogen-bond acceptors (Lipinski definition) is 5.